The number of ether oxygens (including phenoxy) is 2. The molecule has 8 heteroatoms. The van der Waals surface area contributed by atoms with E-state index in [1.54, 1.807) is 73.8 Å². The van der Waals surface area contributed by atoms with E-state index < -0.39 is 6.17 Å². The summed E-state index contributed by atoms with van der Waals surface area (Å²) in [5, 5.41) is 6.79. The van der Waals surface area contributed by atoms with E-state index in [0.717, 1.165) is 6.42 Å². The van der Waals surface area contributed by atoms with Crippen molar-refractivity contribution in [3.8, 4) is 11.5 Å². The van der Waals surface area contributed by atoms with Gasteiger partial charge in [-0.2, -0.15) is 0 Å². The maximum absolute atomic E-state index is 13.0. The van der Waals surface area contributed by atoms with Crippen LogP contribution in [0.1, 0.15) is 52.7 Å². The maximum atomic E-state index is 13.0. The molecule has 0 aliphatic rings. The Balaban J connectivity index is 1.87. The number of carbonyl (C=O) groups excluding carboxylic acids is 2. The molecule has 0 fully saturated rings. The lowest BCUT2D eigenvalue weighted by molar-refractivity contribution is 0.0883. The summed E-state index contributed by atoms with van der Waals surface area (Å²) < 4.78 is 11.4. The molecule has 3 aromatic rings. The lowest BCUT2D eigenvalue weighted by atomic mass is 10.1. The number of benzene rings is 3. The summed E-state index contributed by atoms with van der Waals surface area (Å²) in [6, 6.07) is 18.3. The van der Waals surface area contributed by atoms with E-state index in [2.05, 4.69) is 24.5 Å². The third kappa shape index (κ3) is 7.64. The molecule has 184 valence electrons. The van der Waals surface area contributed by atoms with Crippen LogP contribution < -0.4 is 20.1 Å². The highest BCUT2D eigenvalue weighted by Crippen LogP contribution is 2.30. The van der Waals surface area contributed by atoms with Gasteiger partial charge in [-0.15, -0.1) is 0 Å². The monoisotopic (exact) mass is 514 g/mol. The first-order valence-corrected chi connectivity index (χ1v) is 12.0. The predicted octanol–water partition coefficient (Wildman–Crippen LogP) is 6.29. The minimum atomic E-state index is -0.847. The van der Waals surface area contributed by atoms with Crippen LogP contribution >= 0.6 is 23.2 Å². The van der Waals surface area contributed by atoms with Crippen LogP contribution in [-0.2, 0) is 0 Å². The van der Waals surface area contributed by atoms with Crippen molar-refractivity contribution < 1.29 is 19.1 Å². The zero-order chi connectivity index (χ0) is 25.4. The highest BCUT2D eigenvalue weighted by atomic mass is 35.5. The summed E-state index contributed by atoms with van der Waals surface area (Å²) in [7, 11) is 1.54. The number of rotatable bonds is 10. The van der Waals surface area contributed by atoms with Crippen LogP contribution in [0.3, 0.4) is 0 Å². The molecule has 0 atom stereocenters. The number of hydrogen-bond acceptors (Lipinski definition) is 4. The number of halogens is 2. The first-order chi connectivity index (χ1) is 16.8. The van der Waals surface area contributed by atoms with Gasteiger partial charge in [0.05, 0.1) is 13.7 Å². The van der Waals surface area contributed by atoms with Crippen molar-refractivity contribution in [1.82, 2.24) is 10.6 Å². The van der Waals surface area contributed by atoms with E-state index in [9.17, 15) is 9.59 Å². The molecule has 0 unspecified atom stereocenters. The first kappa shape index (κ1) is 26.4. The van der Waals surface area contributed by atoms with Crippen molar-refractivity contribution in [3.05, 3.63) is 93.5 Å². The SMILES string of the molecule is COc1cc(C(NC(=O)c2ccc(Cl)cc2)NC(=O)c2ccc(Cl)cc2)ccc1OCCC(C)C. The van der Waals surface area contributed by atoms with Gasteiger partial charge < -0.3 is 20.1 Å². The molecular formula is C27H28Cl2N2O4. The molecule has 0 aromatic heterocycles. The quantitative estimate of drug-likeness (QED) is 0.312. The molecule has 0 aliphatic heterocycles. The summed E-state index contributed by atoms with van der Waals surface area (Å²) in [6.07, 6.45) is 0.0573. The Morgan fingerprint density at radius 1 is 0.800 bits per heavy atom. The molecule has 0 aliphatic carbocycles. The molecule has 0 radical (unpaired) electrons. The molecule has 35 heavy (non-hydrogen) atoms. The van der Waals surface area contributed by atoms with Gasteiger partial charge in [0.15, 0.2) is 11.5 Å². The van der Waals surface area contributed by atoms with Crippen LogP contribution in [-0.4, -0.2) is 25.5 Å². The largest absolute Gasteiger partial charge is 0.493 e. The van der Waals surface area contributed by atoms with Gasteiger partial charge in [-0.3, -0.25) is 9.59 Å². The van der Waals surface area contributed by atoms with Gasteiger partial charge >= 0.3 is 0 Å². The summed E-state index contributed by atoms with van der Waals surface area (Å²) in [5.41, 5.74) is 1.42. The molecule has 0 saturated carbocycles. The van der Waals surface area contributed by atoms with Crippen LogP contribution in [0.25, 0.3) is 0 Å². The molecule has 0 spiro atoms. The fraction of sp³-hybridized carbons (Fsp3) is 0.259. The van der Waals surface area contributed by atoms with Gasteiger partial charge in [-0.1, -0.05) is 43.1 Å². The minimum absolute atomic E-state index is 0.376. The molecule has 6 nitrogen and oxygen atoms in total. The van der Waals surface area contributed by atoms with Crippen LogP contribution in [0.4, 0.5) is 0 Å². The lowest BCUT2D eigenvalue weighted by Gasteiger charge is -2.22. The van der Waals surface area contributed by atoms with Crippen molar-refractivity contribution in [2.75, 3.05) is 13.7 Å². The zero-order valence-corrected chi connectivity index (χ0v) is 21.3. The third-order valence-corrected chi connectivity index (χ3v) is 5.74. The maximum Gasteiger partial charge on any atom is 0.253 e. The molecular weight excluding hydrogens is 487 g/mol. The smallest absolute Gasteiger partial charge is 0.253 e. The first-order valence-electron chi connectivity index (χ1n) is 11.2. The average molecular weight is 515 g/mol. The third-order valence-electron chi connectivity index (χ3n) is 5.24. The van der Waals surface area contributed by atoms with Crippen molar-refractivity contribution >= 4 is 35.0 Å². The molecule has 2 N–H and O–H groups in total. The Bertz CT molecular complexity index is 1090. The topological polar surface area (TPSA) is 76.7 Å². The molecule has 3 rings (SSSR count). The second-order valence-corrected chi connectivity index (χ2v) is 9.21. The number of methoxy groups -OCH3 is 1. The Hall–Kier alpha value is -3.22. The minimum Gasteiger partial charge on any atom is -0.493 e. The van der Waals surface area contributed by atoms with Gasteiger partial charge in [-0.05, 0) is 78.6 Å². The second-order valence-electron chi connectivity index (χ2n) is 8.34. The van der Waals surface area contributed by atoms with E-state index in [1.165, 1.54) is 0 Å². The van der Waals surface area contributed by atoms with Gasteiger partial charge in [-0.25, -0.2) is 0 Å². The molecule has 3 aromatic carbocycles. The number of nitrogens with one attached hydrogen (secondary N) is 2. The number of carbonyl (C=O) groups is 2. The van der Waals surface area contributed by atoms with E-state index in [1.807, 2.05) is 0 Å². The number of amides is 2. The highest BCUT2D eigenvalue weighted by Gasteiger charge is 2.21. The predicted molar refractivity (Wildman–Crippen MR) is 139 cm³/mol. The fourth-order valence-corrected chi connectivity index (χ4v) is 3.47. The standard InChI is InChI=1S/C27H28Cl2N2O4/c1-17(2)14-15-35-23-13-8-20(16-24(23)34-3)25(30-26(32)18-4-9-21(28)10-5-18)31-27(33)19-6-11-22(29)12-7-19/h4-13,16-17,25H,14-15H2,1-3H3,(H,30,32)(H,31,33). The van der Waals surface area contributed by atoms with Crippen molar-refractivity contribution in [2.24, 2.45) is 5.92 Å². The van der Waals surface area contributed by atoms with E-state index in [0.29, 0.717) is 50.8 Å². The van der Waals surface area contributed by atoms with Gasteiger partial charge in [0.1, 0.15) is 6.17 Å². The summed E-state index contributed by atoms with van der Waals surface area (Å²) in [6.45, 7) is 4.81. The zero-order valence-electron chi connectivity index (χ0n) is 19.8. The summed E-state index contributed by atoms with van der Waals surface area (Å²) in [4.78, 5) is 25.9. The Labute approximate surface area is 215 Å². The summed E-state index contributed by atoms with van der Waals surface area (Å²) >= 11 is 11.9. The van der Waals surface area contributed by atoms with Gasteiger partial charge in [0.25, 0.3) is 11.8 Å². The summed E-state index contributed by atoms with van der Waals surface area (Å²) in [5.74, 6) is 0.843. The van der Waals surface area contributed by atoms with Crippen LogP contribution in [0, 0.1) is 5.92 Å². The average Bonchev–Trinajstić information content (AvgIpc) is 2.84. The van der Waals surface area contributed by atoms with E-state index in [-0.39, 0.29) is 11.8 Å². The number of hydrogen-bond donors (Lipinski definition) is 2. The van der Waals surface area contributed by atoms with Crippen molar-refractivity contribution in [1.29, 1.82) is 0 Å². The Kier molecular flexibility index (Phi) is 9.40. The Morgan fingerprint density at radius 2 is 1.31 bits per heavy atom. The van der Waals surface area contributed by atoms with Crippen molar-refractivity contribution in [2.45, 2.75) is 26.4 Å². The normalized spacial score (nSPS) is 10.8. The van der Waals surface area contributed by atoms with Crippen LogP contribution in [0.5, 0.6) is 11.5 Å². The van der Waals surface area contributed by atoms with Gasteiger partial charge in [0.2, 0.25) is 0 Å². The van der Waals surface area contributed by atoms with Crippen LogP contribution in [0.15, 0.2) is 66.7 Å². The van der Waals surface area contributed by atoms with E-state index >= 15 is 0 Å². The second kappa shape index (κ2) is 12.5. The van der Waals surface area contributed by atoms with Gasteiger partial charge in [0, 0.05) is 21.2 Å². The fourth-order valence-electron chi connectivity index (χ4n) is 3.22. The van der Waals surface area contributed by atoms with Crippen molar-refractivity contribution in [3.63, 3.8) is 0 Å². The molecule has 0 bridgehead atoms. The Morgan fingerprint density at radius 3 is 1.77 bits per heavy atom. The molecule has 2 amide bonds. The molecule has 0 saturated heterocycles. The highest BCUT2D eigenvalue weighted by molar-refractivity contribution is 6.31. The lowest BCUT2D eigenvalue weighted by Crippen LogP contribution is -2.41. The van der Waals surface area contributed by atoms with E-state index in [4.69, 9.17) is 32.7 Å². The molecule has 0 heterocycles. The van der Waals surface area contributed by atoms with Crippen LogP contribution in [0.2, 0.25) is 10.0 Å².